The molecule has 0 atom stereocenters. The molecule has 1 aromatic carbocycles. The van der Waals surface area contributed by atoms with Gasteiger partial charge in [0.05, 0.1) is 29.6 Å². The van der Waals surface area contributed by atoms with Crippen molar-refractivity contribution in [3.05, 3.63) is 53.0 Å². The lowest BCUT2D eigenvalue weighted by Gasteiger charge is -2.26. The van der Waals surface area contributed by atoms with E-state index in [2.05, 4.69) is 55.9 Å². The number of nitrogens with zero attached hydrogens (tertiary/aromatic N) is 4. The second kappa shape index (κ2) is 8.41. The summed E-state index contributed by atoms with van der Waals surface area (Å²) in [5.41, 5.74) is 5.81. The van der Waals surface area contributed by atoms with Crippen molar-refractivity contribution in [1.82, 2.24) is 14.9 Å². The highest BCUT2D eigenvalue weighted by molar-refractivity contribution is 7.17. The molecule has 2 aromatic heterocycles. The number of rotatable bonds is 5. The van der Waals surface area contributed by atoms with Gasteiger partial charge in [0.15, 0.2) is 0 Å². The quantitative estimate of drug-likeness (QED) is 0.692. The Balaban J connectivity index is 1.32. The topological polar surface area (TPSA) is 62.6 Å². The van der Waals surface area contributed by atoms with Crippen LogP contribution in [0.1, 0.15) is 17.5 Å². The Morgan fingerprint density at radius 1 is 1.14 bits per heavy atom. The molecule has 6 nitrogen and oxygen atoms in total. The molecule has 29 heavy (non-hydrogen) atoms. The van der Waals surface area contributed by atoms with Crippen molar-refractivity contribution >= 4 is 45.0 Å². The molecular weight excluding hydrogens is 382 g/mol. The molecule has 1 saturated heterocycles. The maximum atomic E-state index is 5.42. The highest BCUT2D eigenvalue weighted by atomic mass is 32.1. The van der Waals surface area contributed by atoms with E-state index in [0.717, 1.165) is 61.7 Å². The van der Waals surface area contributed by atoms with Crippen LogP contribution in [0.4, 0.5) is 11.6 Å². The number of aromatic nitrogens is 2. The third-order valence-electron chi connectivity index (χ3n) is 5.27. The molecule has 0 aliphatic carbocycles. The van der Waals surface area contributed by atoms with Gasteiger partial charge in [-0.15, -0.1) is 11.3 Å². The number of hydrogen-bond acceptors (Lipinski definition) is 7. The van der Waals surface area contributed by atoms with Crippen LogP contribution < -0.4 is 5.32 Å². The van der Waals surface area contributed by atoms with Crippen molar-refractivity contribution in [3.8, 4) is 0 Å². The lowest BCUT2D eigenvalue weighted by atomic mass is 10.0. The zero-order valence-corrected chi connectivity index (χ0v) is 17.0. The Morgan fingerprint density at radius 2 is 2.00 bits per heavy atom. The van der Waals surface area contributed by atoms with Crippen molar-refractivity contribution in [2.45, 2.75) is 13.0 Å². The number of thiophene rings is 1. The molecule has 4 heterocycles. The van der Waals surface area contributed by atoms with Gasteiger partial charge in [-0.1, -0.05) is 12.1 Å². The van der Waals surface area contributed by atoms with E-state index in [1.54, 1.807) is 11.3 Å². The predicted octanol–water partition coefficient (Wildman–Crippen LogP) is 4.13. The largest absolute Gasteiger partial charge is 0.379 e. The molecule has 3 aromatic rings. The number of nitrogens with one attached hydrogen (secondary N) is 1. The van der Waals surface area contributed by atoms with Gasteiger partial charge in [0.2, 0.25) is 5.95 Å². The highest BCUT2D eigenvalue weighted by Gasteiger charge is 2.13. The van der Waals surface area contributed by atoms with Gasteiger partial charge in [-0.3, -0.25) is 9.89 Å². The fourth-order valence-corrected chi connectivity index (χ4v) is 4.55. The maximum Gasteiger partial charge on any atom is 0.227 e. The first-order valence-electron chi connectivity index (χ1n) is 9.95. The van der Waals surface area contributed by atoms with Crippen LogP contribution in [0.15, 0.2) is 46.9 Å². The number of fused-ring (bicyclic) bond motifs is 1. The Kier molecular flexibility index (Phi) is 5.34. The Labute approximate surface area is 174 Å². The molecule has 2 aliphatic heterocycles. The van der Waals surface area contributed by atoms with Crippen LogP contribution >= 0.6 is 11.3 Å². The average molecular weight is 406 g/mol. The van der Waals surface area contributed by atoms with E-state index in [1.807, 2.05) is 12.4 Å². The van der Waals surface area contributed by atoms with Gasteiger partial charge >= 0.3 is 0 Å². The van der Waals surface area contributed by atoms with Gasteiger partial charge in [0.1, 0.15) is 0 Å². The number of benzene rings is 1. The zero-order valence-electron chi connectivity index (χ0n) is 16.2. The predicted molar refractivity (Wildman–Crippen MR) is 119 cm³/mol. The van der Waals surface area contributed by atoms with E-state index in [1.165, 1.54) is 16.7 Å². The van der Waals surface area contributed by atoms with E-state index in [0.29, 0.717) is 5.95 Å². The van der Waals surface area contributed by atoms with E-state index in [4.69, 9.17) is 9.72 Å². The highest BCUT2D eigenvalue weighted by Crippen LogP contribution is 2.32. The van der Waals surface area contributed by atoms with E-state index >= 15 is 0 Å². The van der Waals surface area contributed by atoms with E-state index in [9.17, 15) is 0 Å². The SMILES string of the molecule is C1=NCCC(c2csc3cnc(Nc4ccc(CN5CCOCC5)cc4)nc23)=C1. The Morgan fingerprint density at radius 3 is 2.79 bits per heavy atom. The molecule has 0 unspecified atom stereocenters. The molecule has 0 bridgehead atoms. The van der Waals surface area contributed by atoms with Gasteiger partial charge < -0.3 is 10.1 Å². The molecule has 148 valence electrons. The summed E-state index contributed by atoms with van der Waals surface area (Å²) in [5, 5.41) is 5.53. The van der Waals surface area contributed by atoms with Gasteiger partial charge in [0, 0.05) is 49.0 Å². The monoisotopic (exact) mass is 405 g/mol. The molecule has 1 N–H and O–H groups in total. The average Bonchev–Trinajstić information content (AvgIpc) is 3.20. The molecule has 2 aliphatic rings. The van der Waals surface area contributed by atoms with Gasteiger partial charge in [-0.25, -0.2) is 9.97 Å². The summed E-state index contributed by atoms with van der Waals surface area (Å²) in [4.78, 5) is 16.0. The van der Waals surface area contributed by atoms with Crippen molar-refractivity contribution in [1.29, 1.82) is 0 Å². The van der Waals surface area contributed by atoms with Crippen LogP contribution in [0, 0.1) is 0 Å². The molecule has 0 spiro atoms. The van der Waals surface area contributed by atoms with Crippen LogP contribution in [-0.2, 0) is 11.3 Å². The minimum absolute atomic E-state index is 0.628. The standard InChI is InChI=1S/C22H23N5OS/c1-3-18(4-2-16(1)14-27-9-11-28-12-10-27)25-22-24-13-20-21(26-22)19(15-29-20)17-5-7-23-8-6-17/h1-5,7,13,15H,6,8-12,14H2,(H,24,25,26). The van der Waals surface area contributed by atoms with E-state index in [-0.39, 0.29) is 0 Å². The van der Waals surface area contributed by atoms with Crippen molar-refractivity contribution in [2.24, 2.45) is 4.99 Å². The fourth-order valence-electron chi connectivity index (χ4n) is 3.67. The van der Waals surface area contributed by atoms with Gasteiger partial charge in [-0.05, 0) is 35.8 Å². The minimum atomic E-state index is 0.628. The summed E-state index contributed by atoms with van der Waals surface area (Å²) < 4.78 is 6.53. The summed E-state index contributed by atoms with van der Waals surface area (Å²) in [7, 11) is 0. The van der Waals surface area contributed by atoms with Crippen molar-refractivity contribution in [3.63, 3.8) is 0 Å². The zero-order chi connectivity index (χ0) is 19.5. The van der Waals surface area contributed by atoms with Crippen LogP contribution in [0.5, 0.6) is 0 Å². The number of aliphatic imine (C=N–C) groups is 1. The third-order valence-corrected chi connectivity index (χ3v) is 6.18. The van der Waals surface area contributed by atoms with Crippen molar-refractivity contribution < 1.29 is 4.74 Å². The molecule has 1 fully saturated rings. The van der Waals surface area contributed by atoms with E-state index < -0.39 is 0 Å². The number of hydrogen-bond donors (Lipinski definition) is 1. The van der Waals surface area contributed by atoms with Crippen LogP contribution in [0.3, 0.4) is 0 Å². The number of dihydropyridines is 1. The fraction of sp³-hybridized carbons (Fsp3) is 0.318. The number of morpholine rings is 1. The van der Waals surface area contributed by atoms with Gasteiger partial charge in [-0.2, -0.15) is 0 Å². The molecular formula is C22H23N5OS. The summed E-state index contributed by atoms with van der Waals surface area (Å²) in [5.74, 6) is 0.628. The number of anilines is 2. The molecule has 0 amide bonds. The number of ether oxygens (including phenoxy) is 1. The smallest absolute Gasteiger partial charge is 0.227 e. The second-order valence-electron chi connectivity index (χ2n) is 7.26. The lowest BCUT2D eigenvalue weighted by molar-refractivity contribution is 0.0342. The normalized spacial score (nSPS) is 17.4. The Bertz CT molecular complexity index is 1050. The molecule has 0 saturated carbocycles. The summed E-state index contributed by atoms with van der Waals surface area (Å²) in [6.45, 7) is 5.46. The first-order valence-corrected chi connectivity index (χ1v) is 10.8. The van der Waals surface area contributed by atoms with Crippen LogP contribution in [0.25, 0.3) is 15.8 Å². The minimum Gasteiger partial charge on any atom is -0.379 e. The summed E-state index contributed by atoms with van der Waals surface area (Å²) in [6, 6.07) is 8.52. The van der Waals surface area contributed by atoms with Crippen LogP contribution in [-0.4, -0.2) is 53.9 Å². The first kappa shape index (κ1) is 18.4. The maximum absolute atomic E-state index is 5.42. The molecule has 5 rings (SSSR count). The van der Waals surface area contributed by atoms with Crippen molar-refractivity contribution in [2.75, 3.05) is 38.2 Å². The Hall–Kier alpha value is -2.61. The lowest BCUT2D eigenvalue weighted by Crippen LogP contribution is -2.35. The number of allylic oxidation sites excluding steroid dienone is 1. The van der Waals surface area contributed by atoms with Gasteiger partial charge in [0.25, 0.3) is 0 Å². The second-order valence-corrected chi connectivity index (χ2v) is 8.17. The molecule has 0 radical (unpaired) electrons. The summed E-state index contributed by atoms with van der Waals surface area (Å²) in [6.07, 6.45) is 6.84. The first-order chi connectivity index (χ1) is 14.3. The summed E-state index contributed by atoms with van der Waals surface area (Å²) >= 11 is 1.69. The molecule has 7 heteroatoms. The third kappa shape index (κ3) is 4.22. The van der Waals surface area contributed by atoms with Crippen LogP contribution in [0.2, 0.25) is 0 Å².